The second-order valence-electron chi connectivity index (χ2n) is 6.83. The third-order valence-electron chi connectivity index (χ3n) is 4.77. The number of carbonyl (C=O) groups excluding carboxylic acids is 1. The van der Waals surface area contributed by atoms with Gasteiger partial charge in [0, 0.05) is 16.0 Å². The first-order chi connectivity index (χ1) is 13.7. The number of aliphatic imine (C=N–C) groups is 1. The Labute approximate surface area is 181 Å². The number of benzene rings is 2. The highest BCUT2D eigenvalue weighted by Gasteiger charge is 2.49. The molecule has 2 heterocycles. The average molecular weight is 473 g/mol. The summed E-state index contributed by atoms with van der Waals surface area (Å²) in [6, 6.07) is 10.7. The van der Waals surface area contributed by atoms with Crippen molar-refractivity contribution in [2.24, 2.45) is 4.99 Å². The first kappa shape index (κ1) is 20.7. The van der Waals surface area contributed by atoms with Gasteiger partial charge >= 0.3 is 0 Å². The molecule has 0 spiro atoms. The van der Waals surface area contributed by atoms with Crippen molar-refractivity contribution in [2.45, 2.75) is 17.7 Å². The van der Waals surface area contributed by atoms with E-state index in [0.29, 0.717) is 21.4 Å². The minimum absolute atomic E-state index is 0.00544. The van der Waals surface area contributed by atoms with Crippen LogP contribution in [-0.4, -0.2) is 42.3 Å². The Morgan fingerprint density at radius 2 is 1.93 bits per heavy atom. The lowest BCUT2D eigenvalue weighted by atomic mass is 10.1. The Morgan fingerprint density at radius 1 is 1.17 bits per heavy atom. The number of thioether (sulfide) groups is 1. The number of sulfone groups is 1. The summed E-state index contributed by atoms with van der Waals surface area (Å²) in [5.41, 5.74) is 1.16. The van der Waals surface area contributed by atoms with E-state index in [1.807, 2.05) is 0 Å². The number of amides is 1. The summed E-state index contributed by atoms with van der Waals surface area (Å²) in [7, 11) is -3.20. The maximum atomic E-state index is 13.6. The molecule has 0 aromatic heterocycles. The molecule has 2 saturated heterocycles. The van der Waals surface area contributed by atoms with E-state index in [0.717, 1.165) is 0 Å². The maximum absolute atomic E-state index is 13.6. The summed E-state index contributed by atoms with van der Waals surface area (Å²) in [6.45, 7) is 0. The molecular weight excluding hydrogens is 458 g/mol. The second kappa shape index (κ2) is 7.91. The van der Waals surface area contributed by atoms with Crippen molar-refractivity contribution in [1.82, 2.24) is 0 Å². The number of nitrogens with zero attached hydrogens (tertiary/aromatic N) is 2. The fourth-order valence-electron chi connectivity index (χ4n) is 3.45. The van der Waals surface area contributed by atoms with Crippen LogP contribution in [0.15, 0.2) is 47.5 Å². The van der Waals surface area contributed by atoms with Crippen LogP contribution in [0.25, 0.3) is 0 Å². The van der Waals surface area contributed by atoms with E-state index in [2.05, 4.69) is 4.99 Å². The van der Waals surface area contributed by atoms with Crippen molar-refractivity contribution in [3.8, 4) is 0 Å². The third-order valence-corrected chi connectivity index (χ3v) is 8.64. The predicted octanol–water partition coefficient (Wildman–Crippen LogP) is 3.98. The second-order valence-corrected chi connectivity index (χ2v) is 11.0. The van der Waals surface area contributed by atoms with Gasteiger partial charge < -0.3 is 4.90 Å². The minimum Gasteiger partial charge on any atom is -0.316 e. The summed E-state index contributed by atoms with van der Waals surface area (Å²) >= 11 is 13.3. The number of fused-ring (bicyclic) bond motifs is 1. The van der Waals surface area contributed by atoms with Crippen molar-refractivity contribution in [1.29, 1.82) is 0 Å². The van der Waals surface area contributed by atoms with Gasteiger partial charge in [-0.15, -0.1) is 0 Å². The summed E-state index contributed by atoms with van der Waals surface area (Å²) in [5, 5.41) is 0.522. The number of hydrogen-bond acceptors (Lipinski definition) is 4. The Hall–Kier alpha value is -1.61. The van der Waals surface area contributed by atoms with Crippen LogP contribution in [0.1, 0.15) is 5.56 Å². The monoisotopic (exact) mass is 472 g/mol. The van der Waals surface area contributed by atoms with Crippen LogP contribution < -0.4 is 4.90 Å². The molecule has 2 aromatic carbocycles. The van der Waals surface area contributed by atoms with Gasteiger partial charge in [0.25, 0.3) is 5.91 Å². The van der Waals surface area contributed by atoms with Crippen LogP contribution in [0, 0.1) is 5.82 Å². The zero-order chi connectivity index (χ0) is 20.8. The average Bonchev–Trinajstić information content (AvgIpc) is 3.10. The molecule has 0 unspecified atom stereocenters. The van der Waals surface area contributed by atoms with Crippen molar-refractivity contribution < 1.29 is 17.6 Å². The van der Waals surface area contributed by atoms with E-state index in [4.69, 9.17) is 23.2 Å². The molecule has 5 nitrogen and oxygen atoms in total. The molecule has 2 atom stereocenters. The van der Waals surface area contributed by atoms with Crippen LogP contribution in [-0.2, 0) is 21.1 Å². The SMILES string of the molecule is O=C(Cc1ccccc1Cl)N=C1S[C@H]2CS(=O)(=O)C[C@@H]2N1c1ccc(F)c(Cl)c1. The van der Waals surface area contributed by atoms with Crippen LogP contribution in [0.5, 0.6) is 0 Å². The molecule has 4 rings (SSSR count). The molecule has 2 aliphatic rings. The van der Waals surface area contributed by atoms with E-state index >= 15 is 0 Å². The molecule has 10 heteroatoms. The highest BCUT2D eigenvalue weighted by Crippen LogP contribution is 2.41. The molecule has 29 heavy (non-hydrogen) atoms. The zero-order valence-corrected chi connectivity index (χ0v) is 18.0. The summed E-state index contributed by atoms with van der Waals surface area (Å²) in [4.78, 5) is 18.5. The number of anilines is 1. The lowest BCUT2D eigenvalue weighted by Gasteiger charge is -2.24. The molecule has 0 N–H and O–H groups in total. The first-order valence-corrected chi connectivity index (χ1v) is 12.2. The largest absolute Gasteiger partial charge is 0.316 e. The quantitative estimate of drug-likeness (QED) is 0.675. The van der Waals surface area contributed by atoms with Gasteiger partial charge in [0.05, 0.1) is 29.0 Å². The van der Waals surface area contributed by atoms with E-state index in [-0.39, 0.29) is 28.2 Å². The topological polar surface area (TPSA) is 66.8 Å². The Morgan fingerprint density at radius 3 is 2.66 bits per heavy atom. The number of rotatable bonds is 3. The number of carbonyl (C=O) groups is 1. The molecule has 2 fully saturated rings. The Balaban J connectivity index is 1.67. The third kappa shape index (κ3) is 4.30. The maximum Gasteiger partial charge on any atom is 0.252 e. The molecule has 152 valence electrons. The standard InChI is InChI=1S/C19H15Cl2FN2O3S2/c20-13-4-2-1-3-11(13)7-18(25)23-19-24(12-5-6-15(22)14(21)8-12)16-9-29(26,27)10-17(16)28-19/h1-6,8,16-17H,7,9-10H2/t16-,17-/m0/s1. The van der Waals surface area contributed by atoms with Gasteiger partial charge in [0.2, 0.25) is 0 Å². The van der Waals surface area contributed by atoms with Gasteiger partial charge in [-0.05, 0) is 29.8 Å². The van der Waals surface area contributed by atoms with Crippen molar-refractivity contribution in [2.75, 3.05) is 16.4 Å². The van der Waals surface area contributed by atoms with Gasteiger partial charge in [-0.2, -0.15) is 4.99 Å². The van der Waals surface area contributed by atoms with Gasteiger partial charge in [-0.3, -0.25) is 4.79 Å². The highest BCUT2D eigenvalue weighted by molar-refractivity contribution is 8.16. The molecule has 2 aliphatic heterocycles. The molecule has 2 aromatic rings. The molecular formula is C19H15Cl2FN2O3S2. The van der Waals surface area contributed by atoms with Gasteiger partial charge in [0.15, 0.2) is 15.0 Å². The van der Waals surface area contributed by atoms with Gasteiger partial charge in [0.1, 0.15) is 5.82 Å². The number of hydrogen-bond donors (Lipinski definition) is 0. The fourth-order valence-corrected chi connectivity index (χ4v) is 7.76. The Kier molecular flexibility index (Phi) is 5.63. The highest BCUT2D eigenvalue weighted by atomic mass is 35.5. The summed E-state index contributed by atoms with van der Waals surface area (Å²) in [5.74, 6) is -1.03. The van der Waals surface area contributed by atoms with E-state index in [9.17, 15) is 17.6 Å². The predicted molar refractivity (Wildman–Crippen MR) is 115 cm³/mol. The zero-order valence-electron chi connectivity index (χ0n) is 14.9. The van der Waals surface area contributed by atoms with Crippen LogP contribution in [0.2, 0.25) is 10.0 Å². The van der Waals surface area contributed by atoms with Crippen molar-refractivity contribution in [3.63, 3.8) is 0 Å². The van der Waals surface area contributed by atoms with Crippen LogP contribution in [0.3, 0.4) is 0 Å². The lowest BCUT2D eigenvalue weighted by molar-refractivity contribution is -0.117. The van der Waals surface area contributed by atoms with E-state index in [1.165, 1.54) is 30.0 Å². The van der Waals surface area contributed by atoms with Crippen LogP contribution >= 0.6 is 35.0 Å². The normalized spacial score (nSPS) is 24.1. The van der Waals surface area contributed by atoms with E-state index in [1.54, 1.807) is 29.2 Å². The number of amidine groups is 1. The Bertz CT molecular complexity index is 1120. The molecule has 1 amide bonds. The lowest BCUT2D eigenvalue weighted by Crippen LogP contribution is -2.37. The minimum atomic E-state index is -3.20. The van der Waals surface area contributed by atoms with E-state index < -0.39 is 27.6 Å². The summed E-state index contributed by atoms with van der Waals surface area (Å²) < 4.78 is 37.8. The summed E-state index contributed by atoms with van der Waals surface area (Å²) in [6.07, 6.45) is 0.0232. The van der Waals surface area contributed by atoms with Crippen molar-refractivity contribution >= 4 is 61.6 Å². The molecule has 0 saturated carbocycles. The van der Waals surface area contributed by atoms with Gasteiger partial charge in [-0.25, -0.2) is 12.8 Å². The molecule has 0 aliphatic carbocycles. The molecule has 0 bridgehead atoms. The molecule has 0 radical (unpaired) electrons. The van der Waals surface area contributed by atoms with Crippen molar-refractivity contribution in [3.05, 3.63) is 63.9 Å². The number of halogens is 3. The fraction of sp³-hybridized carbons (Fsp3) is 0.263. The first-order valence-electron chi connectivity index (χ1n) is 8.70. The smallest absolute Gasteiger partial charge is 0.252 e. The van der Waals surface area contributed by atoms with Crippen LogP contribution in [0.4, 0.5) is 10.1 Å². The van der Waals surface area contributed by atoms with Gasteiger partial charge in [-0.1, -0.05) is 53.2 Å².